The van der Waals surface area contributed by atoms with Gasteiger partial charge in [0, 0.05) is 6.42 Å². The molecule has 0 fully saturated rings. The van der Waals surface area contributed by atoms with Crippen LogP contribution in [0.25, 0.3) is 0 Å². The zero-order chi connectivity index (χ0) is 9.24. The number of aldehydes is 1. The van der Waals surface area contributed by atoms with Crippen LogP contribution in [0.2, 0.25) is 0 Å². The van der Waals surface area contributed by atoms with Crippen molar-refractivity contribution in [2.45, 2.75) is 40.0 Å². The first-order chi connectivity index (χ1) is 5.47. The quantitative estimate of drug-likeness (QED) is 0.455. The Kier molecular flexibility index (Phi) is 2.41. The van der Waals surface area contributed by atoms with Crippen LogP contribution in [0.5, 0.6) is 0 Å². The van der Waals surface area contributed by atoms with Crippen molar-refractivity contribution in [3.05, 3.63) is 12.2 Å². The Bertz CT molecular complexity index is 203. The van der Waals surface area contributed by atoms with Crippen LogP contribution in [0.15, 0.2) is 12.2 Å². The fraction of sp³-hybridized carbons (Fsp3) is 0.727. The Balaban J connectivity index is 2.69. The maximum Gasteiger partial charge on any atom is 0.120 e. The Morgan fingerprint density at radius 3 is 2.33 bits per heavy atom. The highest BCUT2D eigenvalue weighted by molar-refractivity contribution is 5.51. The Hall–Kier alpha value is -0.590. The van der Waals surface area contributed by atoms with Crippen LogP contribution >= 0.6 is 0 Å². The average molecular weight is 166 g/mol. The van der Waals surface area contributed by atoms with Gasteiger partial charge in [-0.05, 0) is 23.7 Å². The van der Waals surface area contributed by atoms with E-state index in [2.05, 4.69) is 32.9 Å². The van der Waals surface area contributed by atoms with E-state index in [0.29, 0.717) is 11.8 Å². The summed E-state index contributed by atoms with van der Waals surface area (Å²) < 4.78 is 0. The second-order valence-corrected chi connectivity index (χ2v) is 4.85. The average Bonchev–Trinajstić information content (AvgIpc) is 1.98. The zero-order valence-electron chi connectivity index (χ0n) is 8.26. The lowest BCUT2D eigenvalue weighted by atomic mass is 9.70. The molecular weight excluding hydrogens is 148 g/mol. The maximum atomic E-state index is 10.4. The summed E-state index contributed by atoms with van der Waals surface area (Å²) >= 11 is 0. The Labute approximate surface area is 74.9 Å². The van der Waals surface area contributed by atoms with Crippen LogP contribution in [0, 0.1) is 10.8 Å². The number of carbonyl (C=O) groups excluding carboxylic acids is 1. The number of allylic oxidation sites excluding steroid dienone is 2. The van der Waals surface area contributed by atoms with Crippen molar-refractivity contribution in [2.24, 2.45) is 10.8 Å². The van der Waals surface area contributed by atoms with Gasteiger partial charge < -0.3 is 4.79 Å². The Morgan fingerprint density at radius 2 is 1.92 bits per heavy atom. The molecule has 0 amide bonds. The lowest BCUT2D eigenvalue weighted by Gasteiger charge is -2.34. The SMILES string of the molecule is CC1(C)C=CC(C)(CC=O)CC1. The van der Waals surface area contributed by atoms with Gasteiger partial charge in [-0.2, -0.15) is 0 Å². The lowest BCUT2D eigenvalue weighted by Crippen LogP contribution is -2.23. The lowest BCUT2D eigenvalue weighted by molar-refractivity contribution is -0.109. The summed E-state index contributed by atoms with van der Waals surface area (Å²) in [7, 11) is 0. The normalized spacial score (nSPS) is 33.2. The number of carbonyl (C=O) groups is 1. The highest BCUT2D eigenvalue weighted by Crippen LogP contribution is 2.40. The molecule has 1 unspecified atom stereocenters. The van der Waals surface area contributed by atoms with Crippen molar-refractivity contribution in [3.8, 4) is 0 Å². The second kappa shape index (κ2) is 3.04. The molecule has 0 aromatic carbocycles. The minimum atomic E-state index is 0.136. The van der Waals surface area contributed by atoms with Gasteiger partial charge in [0.05, 0.1) is 0 Å². The summed E-state index contributed by atoms with van der Waals surface area (Å²) in [5, 5.41) is 0. The van der Waals surface area contributed by atoms with E-state index in [1.165, 1.54) is 6.42 Å². The van der Waals surface area contributed by atoms with Crippen LogP contribution in [-0.4, -0.2) is 6.29 Å². The minimum Gasteiger partial charge on any atom is -0.303 e. The highest BCUT2D eigenvalue weighted by atomic mass is 16.1. The number of hydrogen-bond acceptors (Lipinski definition) is 1. The number of hydrogen-bond donors (Lipinski definition) is 0. The molecule has 0 saturated heterocycles. The van der Waals surface area contributed by atoms with E-state index in [1.54, 1.807) is 0 Å². The molecule has 1 aliphatic carbocycles. The van der Waals surface area contributed by atoms with Crippen LogP contribution in [0.4, 0.5) is 0 Å². The van der Waals surface area contributed by atoms with Gasteiger partial charge >= 0.3 is 0 Å². The van der Waals surface area contributed by atoms with Crippen molar-refractivity contribution in [3.63, 3.8) is 0 Å². The fourth-order valence-corrected chi connectivity index (χ4v) is 1.56. The second-order valence-electron chi connectivity index (χ2n) is 4.85. The molecule has 0 bridgehead atoms. The first-order valence-corrected chi connectivity index (χ1v) is 4.62. The third-order valence-electron chi connectivity index (χ3n) is 2.83. The molecule has 1 rings (SSSR count). The van der Waals surface area contributed by atoms with E-state index in [9.17, 15) is 4.79 Å². The van der Waals surface area contributed by atoms with Gasteiger partial charge in [0.15, 0.2) is 0 Å². The smallest absolute Gasteiger partial charge is 0.120 e. The molecule has 0 radical (unpaired) electrons. The minimum absolute atomic E-state index is 0.136. The summed E-state index contributed by atoms with van der Waals surface area (Å²) in [5.74, 6) is 0. The van der Waals surface area contributed by atoms with Gasteiger partial charge in [0.2, 0.25) is 0 Å². The molecule has 0 saturated carbocycles. The molecule has 0 aromatic heterocycles. The standard InChI is InChI=1S/C11H18O/c1-10(2)4-6-11(3,7-5-10)8-9-12/h4,6,9H,5,7-8H2,1-3H3. The van der Waals surface area contributed by atoms with E-state index >= 15 is 0 Å². The molecule has 0 aromatic rings. The molecular formula is C11H18O. The Morgan fingerprint density at radius 1 is 1.25 bits per heavy atom. The van der Waals surface area contributed by atoms with Gasteiger partial charge in [-0.25, -0.2) is 0 Å². The molecule has 1 atom stereocenters. The highest BCUT2D eigenvalue weighted by Gasteiger charge is 2.29. The largest absolute Gasteiger partial charge is 0.303 e. The summed E-state index contributed by atoms with van der Waals surface area (Å²) in [6.07, 6.45) is 8.48. The zero-order valence-corrected chi connectivity index (χ0v) is 8.26. The number of rotatable bonds is 2. The summed E-state index contributed by atoms with van der Waals surface area (Å²) in [6.45, 7) is 6.64. The van der Waals surface area contributed by atoms with Crippen molar-refractivity contribution in [1.82, 2.24) is 0 Å². The van der Waals surface area contributed by atoms with Gasteiger partial charge in [-0.1, -0.05) is 32.9 Å². The van der Waals surface area contributed by atoms with E-state index in [-0.39, 0.29) is 5.41 Å². The third kappa shape index (κ3) is 2.20. The molecule has 12 heavy (non-hydrogen) atoms. The van der Waals surface area contributed by atoms with Gasteiger partial charge in [0.25, 0.3) is 0 Å². The monoisotopic (exact) mass is 166 g/mol. The maximum absolute atomic E-state index is 10.4. The van der Waals surface area contributed by atoms with Crippen molar-refractivity contribution < 1.29 is 4.79 Å². The first-order valence-electron chi connectivity index (χ1n) is 4.62. The van der Waals surface area contributed by atoms with Crippen LogP contribution in [-0.2, 0) is 4.79 Å². The molecule has 0 heterocycles. The van der Waals surface area contributed by atoms with E-state index in [0.717, 1.165) is 12.7 Å². The molecule has 1 aliphatic rings. The first kappa shape index (κ1) is 9.50. The summed E-state index contributed by atoms with van der Waals surface area (Å²) in [5.41, 5.74) is 0.472. The molecule has 1 nitrogen and oxygen atoms in total. The molecule has 68 valence electrons. The van der Waals surface area contributed by atoms with Gasteiger partial charge in [-0.3, -0.25) is 0 Å². The van der Waals surface area contributed by atoms with E-state index in [1.807, 2.05) is 0 Å². The summed E-state index contributed by atoms with van der Waals surface area (Å²) in [6, 6.07) is 0. The summed E-state index contributed by atoms with van der Waals surface area (Å²) in [4.78, 5) is 10.4. The predicted molar refractivity (Wildman–Crippen MR) is 50.9 cm³/mol. The molecule has 0 spiro atoms. The van der Waals surface area contributed by atoms with Gasteiger partial charge in [0.1, 0.15) is 6.29 Å². The molecule has 1 heteroatoms. The third-order valence-corrected chi connectivity index (χ3v) is 2.83. The van der Waals surface area contributed by atoms with E-state index < -0.39 is 0 Å². The van der Waals surface area contributed by atoms with Gasteiger partial charge in [-0.15, -0.1) is 0 Å². The van der Waals surface area contributed by atoms with Crippen molar-refractivity contribution in [1.29, 1.82) is 0 Å². The van der Waals surface area contributed by atoms with Crippen LogP contribution < -0.4 is 0 Å². The van der Waals surface area contributed by atoms with E-state index in [4.69, 9.17) is 0 Å². The fourth-order valence-electron chi connectivity index (χ4n) is 1.56. The van der Waals surface area contributed by atoms with Crippen LogP contribution in [0.3, 0.4) is 0 Å². The van der Waals surface area contributed by atoms with Crippen molar-refractivity contribution >= 4 is 6.29 Å². The van der Waals surface area contributed by atoms with Crippen LogP contribution in [0.1, 0.15) is 40.0 Å². The predicted octanol–water partition coefficient (Wildman–Crippen LogP) is 2.96. The molecule has 0 N–H and O–H groups in total. The molecule has 0 aliphatic heterocycles. The topological polar surface area (TPSA) is 17.1 Å². The van der Waals surface area contributed by atoms with Crippen molar-refractivity contribution in [2.75, 3.05) is 0 Å².